The molecule has 2 aromatic rings. The van der Waals surface area contributed by atoms with Crippen LogP contribution in [0.25, 0.3) is 0 Å². The minimum atomic E-state index is -0.341. The Morgan fingerprint density at radius 1 is 1.15 bits per heavy atom. The Bertz CT molecular complexity index is 648. The number of thioether (sulfide) groups is 1. The second kappa shape index (κ2) is 5.32. The Labute approximate surface area is 119 Å². The van der Waals surface area contributed by atoms with Gasteiger partial charge < -0.3 is 10.5 Å². The first-order valence-electron chi connectivity index (χ1n) is 6.25. The van der Waals surface area contributed by atoms with Crippen LogP contribution in [0.5, 0.6) is 5.75 Å². The van der Waals surface area contributed by atoms with Crippen LogP contribution in [0, 0.1) is 11.6 Å². The SMILES string of the molecule is Nc1cc(F)ccc1SCC1Cc2cc(F)ccc2O1. The molecule has 0 fully saturated rings. The number of fused-ring (bicyclic) bond motifs is 1. The van der Waals surface area contributed by atoms with E-state index >= 15 is 0 Å². The number of ether oxygens (including phenoxy) is 1. The van der Waals surface area contributed by atoms with Crippen LogP contribution < -0.4 is 10.5 Å². The van der Waals surface area contributed by atoms with Crippen LogP contribution in [0.4, 0.5) is 14.5 Å². The van der Waals surface area contributed by atoms with Gasteiger partial charge in [-0.15, -0.1) is 11.8 Å². The fourth-order valence-corrected chi connectivity index (χ4v) is 3.16. The summed E-state index contributed by atoms with van der Waals surface area (Å²) in [6, 6.07) is 8.91. The van der Waals surface area contributed by atoms with Gasteiger partial charge in [-0.2, -0.15) is 0 Å². The highest BCUT2D eigenvalue weighted by Gasteiger charge is 2.23. The number of nitrogen functional groups attached to an aromatic ring is 1. The molecule has 0 aliphatic carbocycles. The molecule has 0 spiro atoms. The van der Waals surface area contributed by atoms with Gasteiger partial charge in [0, 0.05) is 28.3 Å². The zero-order valence-corrected chi connectivity index (χ0v) is 11.4. The maximum Gasteiger partial charge on any atom is 0.125 e. The first-order chi connectivity index (χ1) is 9.61. The second-order valence-corrected chi connectivity index (χ2v) is 5.75. The van der Waals surface area contributed by atoms with E-state index in [-0.39, 0.29) is 17.7 Å². The molecule has 1 aliphatic rings. The van der Waals surface area contributed by atoms with E-state index in [4.69, 9.17) is 10.5 Å². The van der Waals surface area contributed by atoms with E-state index in [1.165, 1.54) is 36.0 Å². The quantitative estimate of drug-likeness (QED) is 0.693. The highest BCUT2D eigenvalue weighted by Crippen LogP contribution is 2.33. The lowest BCUT2D eigenvalue weighted by Crippen LogP contribution is -2.15. The van der Waals surface area contributed by atoms with E-state index < -0.39 is 0 Å². The van der Waals surface area contributed by atoms with Gasteiger partial charge in [-0.05, 0) is 36.4 Å². The number of hydrogen-bond acceptors (Lipinski definition) is 3. The molecule has 3 rings (SSSR count). The molecule has 2 nitrogen and oxygen atoms in total. The lowest BCUT2D eigenvalue weighted by atomic mass is 10.1. The van der Waals surface area contributed by atoms with Crippen molar-refractivity contribution in [3.8, 4) is 5.75 Å². The Hall–Kier alpha value is -1.75. The zero-order chi connectivity index (χ0) is 14.1. The molecule has 1 atom stereocenters. The highest BCUT2D eigenvalue weighted by molar-refractivity contribution is 7.99. The molecule has 0 amide bonds. The summed E-state index contributed by atoms with van der Waals surface area (Å²) in [5.74, 6) is 0.839. The standard InChI is InChI=1S/C15H13F2NOS/c16-10-1-3-14-9(5-10)6-12(19-14)8-20-15-4-2-11(17)7-13(15)18/h1-5,7,12H,6,8,18H2. The number of halogens is 2. The molecular formula is C15H13F2NOS. The summed E-state index contributed by atoms with van der Waals surface area (Å²) in [6.07, 6.45) is 0.669. The average Bonchev–Trinajstić information content (AvgIpc) is 2.79. The number of nitrogens with two attached hydrogens (primary N) is 1. The third kappa shape index (κ3) is 2.72. The van der Waals surface area contributed by atoms with Gasteiger partial charge in [-0.3, -0.25) is 0 Å². The second-order valence-electron chi connectivity index (χ2n) is 4.69. The van der Waals surface area contributed by atoms with Gasteiger partial charge in [0.15, 0.2) is 0 Å². The number of rotatable bonds is 3. The largest absolute Gasteiger partial charge is 0.489 e. The van der Waals surface area contributed by atoms with Gasteiger partial charge in [0.25, 0.3) is 0 Å². The van der Waals surface area contributed by atoms with Gasteiger partial charge in [0.05, 0.1) is 0 Å². The highest BCUT2D eigenvalue weighted by atomic mass is 32.2. The molecule has 0 aromatic heterocycles. The van der Waals surface area contributed by atoms with Gasteiger partial charge in [-0.25, -0.2) is 8.78 Å². The summed E-state index contributed by atoms with van der Waals surface area (Å²) in [6.45, 7) is 0. The van der Waals surface area contributed by atoms with Crippen molar-refractivity contribution in [2.75, 3.05) is 11.5 Å². The van der Waals surface area contributed by atoms with Crippen LogP contribution in [-0.4, -0.2) is 11.9 Å². The van der Waals surface area contributed by atoms with Crippen LogP contribution in [0.1, 0.15) is 5.56 Å². The van der Waals surface area contributed by atoms with Crippen LogP contribution in [0.15, 0.2) is 41.3 Å². The molecule has 5 heteroatoms. The van der Waals surface area contributed by atoms with Crippen molar-refractivity contribution in [2.45, 2.75) is 17.4 Å². The summed E-state index contributed by atoms with van der Waals surface area (Å²) in [5.41, 5.74) is 7.08. The predicted octanol–water partition coefficient (Wildman–Crippen LogP) is 3.64. The Morgan fingerprint density at radius 3 is 2.70 bits per heavy atom. The molecule has 0 saturated heterocycles. The Morgan fingerprint density at radius 2 is 1.90 bits per heavy atom. The van der Waals surface area contributed by atoms with Crippen molar-refractivity contribution >= 4 is 17.4 Å². The van der Waals surface area contributed by atoms with Crippen molar-refractivity contribution in [1.29, 1.82) is 0 Å². The van der Waals surface area contributed by atoms with Crippen molar-refractivity contribution in [2.24, 2.45) is 0 Å². The maximum absolute atomic E-state index is 13.1. The van der Waals surface area contributed by atoms with E-state index in [9.17, 15) is 8.78 Å². The predicted molar refractivity (Wildman–Crippen MR) is 76.1 cm³/mol. The van der Waals surface area contributed by atoms with E-state index in [0.717, 1.165) is 16.2 Å². The van der Waals surface area contributed by atoms with Gasteiger partial charge in [-0.1, -0.05) is 0 Å². The summed E-state index contributed by atoms with van der Waals surface area (Å²) < 4.78 is 31.8. The molecule has 104 valence electrons. The summed E-state index contributed by atoms with van der Waals surface area (Å²) in [4.78, 5) is 0.831. The maximum atomic E-state index is 13.1. The number of hydrogen-bond donors (Lipinski definition) is 1. The third-order valence-electron chi connectivity index (χ3n) is 3.16. The molecule has 0 bridgehead atoms. The Balaban J connectivity index is 1.63. The molecule has 1 aliphatic heterocycles. The number of anilines is 1. The lowest BCUT2D eigenvalue weighted by Gasteiger charge is -2.11. The molecule has 0 radical (unpaired) electrons. The van der Waals surface area contributed by atoms with Crippen LogP contribution in [0.2, 0.25) is 0 Å². The lowest BCUT2D eigenvalue weighted by molar-refractivity contribution is 0.259. The fourth-order valence-electron chi connectivity index (χ4n) is 2.22. The van der Waals surface area contributed by atoms with Crippen molar-refractivity contribution < 1.29 is 13.5 Å². The van der Waals surface area contributed by atoms with E-state index in [0.29, 0.717) is 17.9 Å². The van der Waals surface area contributed by atoms with E-state index in [1.807, 2.05) is 0 Å². The zero-order valence-electron chi connectivity index (χ0n) is 10.6. The first kappa shape index (κ1) is 13.2. The molecular weight excluding hydrogens is 280 g/mol. The van der Waals surface area contributed by atoms with E-state index in [1.54, 1.807) is 12.1 Å². The molecule has 20 heavy (non-hydrogen) atoms. The fraction of sp³-hybridized carbons (Fsp3) is 0.200. The normalized spacial score (nSPS) is 16.8. The molecule has 1 unspecified atom stereocenters. The molecule has 0 saturated carbocycles. The van der Waals surface area contributed by atoms with Gasteiger partial charge in [0.1, 0.15) is 23.5 Å². The smallest absolute Gasteiger partial charge is 0.125 e. The van der Waals surface area contributed by atoms with Crippen molar-refractivity contribution in [3.63, 3.8) is 0 Å². The molecule has 2 N–H and O–H groups in total. The summed E-state index contributed by atoms with van der Waals surface area (Å²) in [5, 5.41) is 0. The van der Waals surface area contributed by atoms with Crippen molar-refractivity contribution in [3.05, 3.63) is 53.6 Å². The minimum absolute atomic E-state index is 0.0127. The van der Waals surface area contributed by atoms with Gasteiger partial charge >= 0.3 is 0 Å². The molecule has 1 heterocycles. The summed E-state index contributed by atoms with van der Waals surface area (Å²) >= 11 is 1.52. The minimum Gasteiger partial charge on any atom is -0.489 e. The van der Waals surface area contributed by atoms with Gasteiger partial charge in [0.2, 0.25) is 0 Å². The third-order valence-corrected chi connectivity index (χ3v) is 4.38. The average molecular weight is 293 g/mol. The topological polar surface area (TPSA) is 35.2 Å². The summed E-state index contributed by atoms with van der Waals surface area (Å²) in [7, 11) is 0. The van der Waals surface area contributed by atoms with E-state index in [2.05, 4.69) is 0 Å². The van der Waals surface area contributed by atoms with Crippen molar-refractivity contribution in [1.82, 2.24) is 0 Å². The van der Waals surface area contributed by atoms with Crippen LogP contribution >= 0.6 is 11.8 Å². The molecule has 2 aromatic carbocycles. The van der Waals surface area contributed by atoms with Crippen LogP contribution in [-0.2, 0) is 6.42 Å². The van der Waals surface area contributed by atoms with Crippen LogP contribution in [0.3, 0.4) is 0 Å². The Kier molecular flexibility index (Phi) is 3.53. The monoisotopic (exact) mass is 293 g/mol. The first-order valence-corrected chi connectivity index (χ1v) is 7.23. The number of benzene rings is 2.